The van der Waals surface area contributed by atoms with Crippen LogP contribution in [0.3, 0.4) is 0 Å². The van der Waals surface area contributed by atoms with Crippen LogP contribution in [0.4, 0.5) is 23.2 Å². The second-order valence-corrected chi connectivity index (χ2v) is 9.07. The molecule has 2 aromatic heterocycles. The Morgan fingerprint density at radius 3 is 2.64 bits per heavy atom. The Bertz CT molecular complexity index is 1400. The summed E-state index contributed by atoms with van der Waals surface area (Å²) in [4.78, 5) is 25.3. The number of H-pyrrole nitrogens is 2. The number of imidazole rings is 1. The average Bonchev–Trinajstić information content (AvgIpc) is 3.51. The number of halogens is 4. The zero-order valence-electron chi connectivity index (χ0n) is 19.5. The topological polar surface area (TPSA) is 76.8 Å². The van der Waals surface area contributed by atoms with E-state index in [4.69, 9.17) is 0 Å². The molecule has 3 heterocycles. The fraction of sp³-hybridized carbons (Fsp3) is 0.308. The van der Waals surface area contributed by atoms with Crippen molar-refractivity contribution in [2.45, 2.75) is 19.0 Å². The lowest BCUT2D eigenvalue weighted by Crippen LogP contribution is -2.36. The van der Waals surface area contributed by atoms with Crippen LogP contribution < -0.4 is 10.2 Å². The van der Waals surface area contributed by atoms with Gasteiger partial charge in [0.05, 0.1) is 16.8 Å². The van der Waals surface area contributed by atoms with Crippen molar-refractivity contribution in [3.8, 4) is 11.5 Å². The molecule has 0 aliphatic carbocycles. The van der Waals surface area contributed by atoms with Gasteiger partial charge in [-0.1, -0.05) is 18.2 Å². The monoisotopic (exact) mass is 499 g/mol. The van der Waals surface area contributed by atoms with E-state index in [2.05, 4.69) is 25.2 Å². The van der Waals surface area contributed by atoms with Crippen molar-refractivity contribution in [1.82, 2.24) is 20.3 Å². The van der Waals surface area contributed by atoms with Crippen molar-refractivity contribution in [2.75, 3.05) is 31.6 Å². The number of carbonyl (C=O) groups is 1. The Morgan fingerprint density at radius 2 is 1.92 bits per heavy atom. The quantitative estimate of drug-likeness (QED) is 0.246. The number of alkyl halides is 3. The number of benzene rings is 2. The predicted molar refractivity (Wildman–Crippen MR) is 130 cm³/mol. The first-order valence-electron chi connectivity index (χ1n) is 11.7. The summed E-state index contributed by atoms with van der Waals surface area (Å²) in [6, 6.07) is 9.40. The number of aromatic amines is 2. The van der Waals surface area contributed by atoms with E-state index < -0.39 is 28.9 Å². The van der Waals surface area contributed by atoms with Gasteiger partial charge in [-0.25, -0.2) is 9.37 Å². The van der Waals surface area contributed by atoms with Gasteiger partial charge in [-0.15, -0.1) is 0 Å². The van der Waals surface area contributed by atoms with Crippen molar-refractivity contribution in [1.29, 1.82) is 0 Å². The molecule has 0 amide bonds. The number of hydrogen-bond acceptors (Lipinski definition) is 4. The van der Waals surface area contributed by atoms with Crippen LogP contribution in [0.2, 0.25) is 0 Å². The maximum Gasteiger partial charge on any atom is 0.417 e. The van der Waals surface area contributed by atoms with Gasteiger partial charge in [0.15, 0.2) is 17.4 Å². The number of nitrogens with zero attached hydrogens (tertiary/aromatic N) is 2. The third-order valence-corrected chi connectivity index (χ3v) is 6.67. The zero-order chi connectivity index (χ0) is 25.4. The summed E-state index contributed by atoms with van der Waals surface area (Å²) in [7, 11) is 1.94. The largest absolute Gasteiger partial charge is 0.417 e. The lowest BCUT2D eigenvalue weighted by atomic mass is 9.96. The van der Waals surface area contributed by atoms with Crippen LogP contribution in [0.1, 0.15) is 34.3 Å². The Labute approximate surface area is 204 Å². The lowest BCUT2D eigenvalue weighted by Gasteiger charge is -2.33. The van der Waals surface area contributed by atoms with Gasteiger partial charge in [-0.2, -0.15) is 13.2 Å². The van der Waals surface area contributed by atoms with E-state index in [0.29, 0.717) is 17.1 Å². The van der Waals surface area contributed by atoms with Crippen LogP contribution in [0.5, 0.6) is 0 Å². The van der Waals surface area contributed by atoms with Crippen LogP contribution in [0.15, 0.2) is 48.7 Å². The number of hydrogen-bond donors (Lipinski definition) is 3. The van der Waals surface area contributed by atoms with Gasteiger partial charge < -0.3 is 20.2 Å². The maximum absolute atomic E-state index is 14.9. The van der Waals surface area contributed by atoms with E-state index in [0.717, 1.165) is 50.3 Å². The molecule has 0 saturated carbocycles. The molecule has 0 radical (unpaired) electrons. The smallest absolute Gasteiger partial charge is 0.371 e. The Kier molecular flexibility index (Phi) is 6.29. The summed E-state index contributed by atoms with van der Waals surface area (Å²) in [6.45, 7) is 2.63. The molecular weight excluding hydrogens is 474 g/mol. The van der Waals surface area contributed by atoms with Crippen LogP contribution in [-0.2, 0) is 6.18 Å². The first-order chi connectivity index (χ1) is 17.2. The molecule has 1 aliphatic heterocycles. The number of piperidine rings is 1. The highest BCUT2D eigenvalue weighted by atomic mass is 19.4. The average molecular weight is 500 g/mol. The van der Waals surface area contributed by atoms with Crippen molar-refractivity contribution in [3.63, 3.8) is 0 Å². The molecule has 0 spiro atoms. The molecule has 3 N–H and O–H groups in total. The highest BCUT2D eigenvalue weighted by Crippen LogP contribution is 2.34. The highest BCUT2D eigenvalue weighted by molar-refractivity contribution is 6.10. The minimum Gasteiger partial charge on any atom is -0.371 e. The molecule has 1 aliphatic rings. The molecule has 4 aromatic rings. The third kappa shape index (κ3) is 4.60. The number of ketones is 1. The second-order valence-electron chi connectivity index (χ2n) is 9.07. The molecule has 0 atom stereocenters. The number of carbonyl (C=O) groups excluding carboxylic acids is 1. The van der Waals surface area contributed by atoms with Crippen LogP contribution >= 0.6 is 0 Å². The molecule has 5 rings (SSSR count). The SMILES string of the molecule is CNCC1CCN(c2cc(F)c3nc(-c4cc(C(=O)c5ccccc5C(F)(F)F)c[nH]4)[nH]c3c2)CC1. The Morgan fingerprint density at radius 1 is 1.17 bits per heavy atom. The fourth-order valence-corrected chi connectivity index (χ4v) is 4.80. The van der Waals surface area contributed by atoms with Gasteiger partial charge in [0.1, 0.15) is 5.52 Å². The van der Waals surface area contributed by atoms with Crippen molar-refractivity contribution >= 4 is 22.5 Å². The molecule has 188 valence electrons. The zero-order valence-corrected chi connectivity index (χ0v) is 19.5. The number of aromatic nitrogens is 3. The van der Waals surface area contributed by atoms with E-state index in [9.17, 15) is 22.4 Å². The predicted octanol–water partition coefficient (Wildman–Crippen LogP) is 5.38. The number of fused-ring (bicyclic) bond motifs is 1. The van der Waals surface area contributed by atoms with E-state index in [1.54, 1.807) is 0 Å². The van der Waals surface area contributed by atoms with Crippen molar-refractivity contribution < 1.29 is 22.4 Å². The van der Waals surface area contributed by atoms with Crippen LogP contribution in [0.25, 0.3) is 22.6 Å². The molecule has 6 nitrogen and oxygen atoms in total. The molecule has 2 aromatic carbocycles. The molecule has 1 fully saturated rings. The summed E-state index contributed by atoms with van der Waals surface area (Å²) in [5, 5.41) is 3.20. The van der Waals surface area contributed by atoms with E-state index >= 15 is 0 Å². The molecule has 36 heavy (non-hydrogen) atoms. The normalized spacial score (nSPS) is 15.1. The van der Waals surface area contributed by atoms with Crippen molar-refractivity contribution in [2.24, 2.45) is 5.92 Å². The van der Waals surface area contributed by atoms with E-state index in [-0.39, 0.29) is 16.9 Å². The number of anilines is 1. The standard InChI is InChI=1S/C26H25F4N5O/c1-31-13-15-6-8-35(9-7-15)17-11-20(27)23-21(12-17)33-25(34-23)22-10-16(14-32-22)24(36)18-4-2-3-5-19(18)26(28,29)30/h2-5,10-12,14-15,31-32H,6-9,13H2,1H3,(H,33,34). The number of rotatable bonds is 6. The summed E-state index contributed by atoms with van der Waals surface area (Å²) in [5.74, 6) is -0.343. The summed E-state index contributed by atoms with van der Waals surface area (Å²) in [6.07, 6.45) is -1.28. The van der Waals surface area contributed by atoms with Crippen LogP contribution in [-0.4, -0.2) is 47.4 Å². The van der Waals surface area contributed by atoms with Gasteiger partial charge in [-0.3, -0.25) is 4.79 Å². The molecule has 0 unspecified atom stereocenters. The van der Waals surface area contributed by atoms with E-state index in [1.165, 1.54) is 30.5 Å². The molecule has 0 bridgehead atoms. The first kappa shape index (κ1) is 24.1. The fourth-order valence-electron chi connectivity index (χ4n) is 4.80. The van der Waals surface area contributed by atoms with Gasteiger partial charge in [0.25, 0.3) is 0 Å². The lowest BCUT2D eigenvalue weighted by molar-refractivity contribution is -0.137. The molecular formula is C26H25F4N5O. The molecule has 10 heteroatoms. The molecule has 1 saturated heterocycles. The highest BCUT2D eigenvalue weighted by Gasteiger charge is 2.35. The second kappa shape index (κ2) is 9.42. The summed E-state index contributed by atoms with van der Waals surface area (Å²) < 4.78 is 55.0. The van der Waals surface area contributed by atoms with Crippen molar-refractivity contribution in [3.05, 3.63) is 71.2 Å². The third-order valence-electron chi connectivity index (χ3n) is 6.67. The minimum absolute atomic E-state index is 0.0488. The number of nitrogens with one attached hydrogen (secondary N) is 3. The van der Waals surface area contributed by atoms with Gasteiger partial charge in [-0.05, 0) is 56.6 Å². The summed E-state index contributed by atoms with van der Waals surface area (Å²) >= 11 is 0. The van der Waals surface area contributed by atoms with Gasteiger partial charge in [0, 0.05) is 36.1 Å². The Hall–Kier alpha value is -3.66. The first-order valence-corrected chi connectivity index (χ1v) is 11.7. The van der Waals surface area contributed by atoms with Gasteiger partial charge in [0.2, 0.25) is 0 Å². The Balaban J connectivity index is 1.40. The van der Waals surface area contributed by atoms with Gasteiger partial charge >= 0.3 is 6.18 Å². The van der Waals surface area contributed by atoms with E-state index in [1.807, 2.05) is 13.1 Å². The minimum atomic E-state index is -4.65. The maximum atomic E-state index is 14.9. The van der Waals surface area contributed by atoms with Crippen LogP contribution in [0, 0.1) is 11.7 Å². The summed E-state index contributed by atoms with van der Waals surface area (Å²) in [5.41, 5.74) is 0.413.